The van der Waals surface area contributed by atoms with E-state index in [1.165, 1.54) is 6.07 Å². The third-order valence-corrected chi connectivity index (χ3v) is 4.63. The van der Waals surface area contributed by atoms with Gasteiger partial charge in [0, 0.05) is 26.1 Å². The Morgan fingerprint density at radius 3 is 2.95 bits per heavy atom. The van der Waals surface area contributed by atoms with Gasteiger partial charge in [-0.3, -0.25) is 4.79 Å². The topological polar surface area (TPSA) is 41.0 Å². The van der Waals surface area contributed by atoms with Gasteiger partial charge in [-0.25, -0.2) is 4.39 Å². The first kappa shape index (κ1) is 13.8. The number of likely N-dealkylation sites (tertiary alicyclic amines) is 1. The van der Waals surface area contributed by atoms with Gasteiger partial charge in [-0.15, -0.1) is 0 Å². The zero-order valence-electron chi connectivity index (χ0n) is 10.8. The summed E-state index contributed by atoms with van der Waals surface area (Å²) in [5.74, 6) is -0.170. The molecule has 1 amide bonds. The first-order chi connectivity index (χ1) is 9.47. The van der Waals surface area contributed by atoms with Gasteiger partial charge >= 0.3 is 0 Å². The van der Waals surface area contributed by atoms with E-state index >= 15 is 0 Å². The van der Waals surface area contributed by atoms with Gasteiger partial charge in [-0.05, 0) is 40.6 Å². The minimum atomic E-state index is -0.322. The molecule has 0 bridgehead atoms. The summed E-state index contributed by atoms with van der Waals surface area (Å²) in [7, 11) is 1.79. The van der Waals surface area contributed by atoms with E-state index in [-0.39, 0.29) is 17.8 Å². The van der Waals surface area contributed by atoms with Crippen LogP contribution in [0, 0.1) is 10.6 Å². The van der Waals surface area contributed by atoms with E-state index in [1.807, 2.05) is 4.57 Å². The highest BCUT2D eigenvalue weighted by molar-refractivity contribution is 9.10. The van der Waals surface area contributed by atoms with Gasteiger partial charge in [0.2, 0.25) is 5.91 Å². The summed E-state index contributed by atoms with van der Waals surface area (Å²) in [6, 6.07) is 3.29. The highest BCUT2D eigenvalue weighted by Crippen LogP contribution is 2.29. The van der Waals surface area contributed by atoms with Gasteiger partial charge in [0.15, 0.2) is 4.77 Å². The average Bonchev–Trinajstić information content (AvgIpc) is 2.69. The Kier molecular flexibility index (Phi) is 3.41. The Labute approximate surface area is 128 Å². The highest BCUT2D eigenvalue weighted by Gasteiger charge is 2.26. The molecule has 20 heavy (non-hydrogen) atoms. The maximum absolute atomic E-state index is 13.6. The quantitative estimate of drug-likeness (QED) is 0.794. The molecule has 1 aromatic carbocycles. The number of piperidine rings is 1. The number of halogens is 2. The van der Waals surface area contributed by atoms with E-state index in [1.54, 1.807) is 18.0 Å². The molecule has 0 radical (unpaired) electrons. The van der Waals surface area contributed by atoms with Gasteiger partial charge in [-0.1, -0.05) is 0 Å². The standard InChI is InChI=1S/C13H13BrFN3OS/c1-17-6-7(2-3-12(17)19)18-11-4-8(14)9(15)5-10(11)16-13(18)20/h4-5,7H,2-3,6H2,1H3,(H,16,20). The van der Waals surface area contributed by atoms with Crippen molar-refractivity contribution in [1.29, 1.82) is 0 Å². The van der Waals surface area contributed by atoms with Crippen LogP contribution in [0.2, 0.25) is 0 Å². The zero-order chi connectivity index (χ0) is 14.4. The molecule has 1 saturated heterocycles. The number of hydrogen-bond donors (Lipinski definition) is 1. The first-order valence-corrected chi connectivity index (χ1v) is 7.50. The molecular formula is C13H13BrFN3OS. The van der Waals surface area contributed by atoms with Gasteiger partial charge in [0.1, 0.15) is 5.82 Å². The second-order valence-corrected chi connectivity index (χ2v) is 6.29. The highest BCUT2D eigenvalue weighted by atomic mass is 79.9. The summed E-state index contributed by atoms with van der Waals surface area (Å²) in [5, 5.41) is 0. The van der Waals surface area contributed by atoms with Gasteiger partial charge < -0.3 is 14.5 Å². The van der Waals surface area contributed by atoms with Crippen LogP contribution in [-0.4, -0.2) is 34.0 Å². The number of benzene rings is 1. The Balaban J connectivity index is 2.12. The van der Waals surface area contributed by atoms with E-state index < -0.39 is 0 Å². The lowest BCUT2D eigenvalue weighted by Crippen LogP contribution is -2.37. The molecule has 4 nitrogen and oxygen atoms in total. The normalized spacial score (nSPS) is 19.9. The van der Waals surface area contributed by atoms with Gasteiger partial charge in [0.05, 0.1) is 21.5 Å². The summed E-state index contributed by atoms with van der Waals surface area (Å²) in [5.41, 5.74) is 1.53. The van der Waals surface area contributed by atoms with Crippen LogP contribution < -0.4 is 0 Å². The molecule has 1 aliphatic rings. The number of carbonyl (C=O) groups is 1. The molecule has 0 spiro atoms. The number of aromatic amines is 1. The molecule has 2 heterocycles. The smallest absolute Gasteiger partial charge is 0.222 e. The molecule has 7 heteroatoms. The number of nitrogens with zero attached hydrogens (tertiary/aromatic N) is 2. The first-order valence-electron chi connectivity index (χ1n) is 6.30. The second kappa shape index (κ2) is 4.96. The van der Waals surface area contributed by atoms with E-state index in [0.717, 1.165) is 11.9 Å². The van der Waals surface area contributed by atoms with Crippen molar-refractivity contribution in [3.8, 4) is 0 Å². The van der Waals surface area contributed by atoms with E-state index in [2.05, 4.69) is 20.9 Å². The van der Waals surface area contributed by atoms with Gasteiger partial charge in [0.25, 0.3) is 0 Å². The maximum atomic E-state index is 13.6. The van der Waals surface area contributed by atoms with E-state index in [9.17, 15) is 9.18 Å². The van der Waals surface area contributed by atoms with Crippen molar-refractivity contribution in [3.63, 3.8) is 0 Å². The summed E-state index contributed by atoms with van der Waals surface area (Å²) in [4.78, 5) is 16.3. The minimum Gasteiger partial charge on any atom is -0.344 e. The van der Waals surface area contributed by atoms with Gasteiger partial charge in [-0.2, -0.15) is 0 Å². The molecule has 1 aliphatic heterocycles. The third-order valence-electron chi connectivity index (χ3n) is 3.73. The van der Waals surface area contributed by atoms with Crippen LogP contribution in [0.4, 0.5) is 4.39 Å². The lowest BCUT2D eigenvalue weighted by molar-refractivity contribution is -0.132. The van der Waals surface area contributed by atoms with Crippen LogP contribution in [0.5, 0.6) is 0 Å². The number of aromatic nitrogens is 2. The van der Waals surface area contributed by atoms with Crippen molar-refractivity contribution in [2.75, 3.05) is 13.6 Å². The molecule has 1 fully saturated rings. The molecule has 1 aromatic heterocycles. The number of nitrogens with one attached hydrogen (secondary N) is 1. The van der Waals surface area contributed by atoms with Crippen molar-refractivity contribution < 1.29 is 9.18 Å². The molecule has 0 saturated carbocycles. The van der Waals surface area contributed by atoms with Crippen LogP contribution in [0.3, 0.4) is 0 Å². The molecule has 1 atom stereocenters. The molecule has 106 valence electrons. The summed E-state index contributed by atoms with van der Waals surface area (Å²) in [6.07, 6.45) is 1.26. The molecule has 1 unspecified atom stereocenters. The average molecular weight is 358 g/mol. The van der Waals surface area contributed by atoms with E-state index in [0.29, 0.717) is 27.7 Å². The van der Waals surface area contributed by atoms with Crippen LogP contribution >= 0.6 is 28.1 Å². The number of hydrogen-bond acceptors (Lipinski definition) is 2. The number of rotatable bonds is 1. The largest absolute Gasteiger partial charge is 0.344 e. The fourth-order valence-electron chi connectivity index (χ4n) is 2.68. The number of likely N-dealkylation sites (N-methyl/N-ethyl adjacent to an activating group) is 1. The lowest BCUT2D eigenvalue weighted by Gasteiger charge is -2.30. The molecule has 1 N–H and O–H groups in total. The lowest BCUT2D eigenvalue weighted by atomic mass is 10.1. The second-order valence-electron chi connectivity index (χ2n) is 5.05. The molecule has 2 aromatic rings. The summed E-state index contributed by atoms with van der Waals surface area (Å²) in [6.45, 7) is 0.620. The number of fused-ring (bicyclic) bond motifs is 1. The Hall–Kier alpha value is -1.21. The molecule has 0 aliphatic carbocycles. The van der Waals surface area contributed by atoms with Crippen LogP contribution in [0.15, 0.2) is 16.6 Å². The van der Waals surface area contributed by atoms with Crippen molar-refractivity contribution in [3.05, 3.63) is 27.2 Å². The van der Waals surface area contributed by atoms with Crippen molar-refractivity contribution >= 4 is 45.1 Å². The maximum Gasteiger partial charge on any atom is 0.222 e. The molecular weight excluding hydrogens is 345 g/mol. The Bertz CT molecular complexity index is 754. The van der Waals surface area contributed by atoms with Crippen molar-refractivity contribution in [1.82, 2.24) is 14.5 Å². The fraction of sp³-hybridized carbons (Fsp3) is 0.385. The van der Waals surface area contributed by atoms with Crippen LogP contribution in [0.1, 0.15) is 18.9 Å². The number of carbonyl (C=O) groups excluding carboxylic acids is 1. The SMILES string of the molecule is CN1CC(n2c(=S)[nH]c3cc(F)c(Br)cc32)CCC1=O. The van der Waals surface area contributed by atoms with Crippen LogP contribution in [-0.2, 0) is 4.79 Å². The summed E-state index contributed by atoms with van der Waals surface area (Å²) < 4.78 is 16.5. The zero-order valence-corrected chi connectivity index (χ0v) is 13.2. The monoisotopic (exact) mass is 357 g/mol. The van der Waals surface area contributed by atoms with Crippen molar-refractivity contribution in [2.45, 2.75) is 18.9 Å². The fourth-order valence-corrected chi connectivity index (χ4v) is 3.37. The third kappa shape index (κ3) is 2.18. The minimum absolute atomic E-state index is 0.122. The van der Waals surface area contributed by atoms with Crippen LogP contribution in [0.25, 0.3) is 11.0 Å². The predicted molar refractivity (Wildman–Crippen MR) is 80.7 cm³/mol. The Morgan fingerprint density at radius 2 is 2.25 bits per heavy atom. The summed E-state index contributed by atoms with van der Waals surface area (Å²) >= 11 is 8.56. The number of imidazole rings is 1. The number of H-pyrrole nitrogens is 1. The van der Waals surface area contributed by atoms with E-state index in [4.69, 9.17) is 12.2 Å². The molecule has 3 rings (SSSR count). The Morgan fingerprint density at radius 1 is 1.50 bits per heavy atom. The predicted octanol–water partition coefficient (Wildman–Crippen LogP) is 3.39. The van der Waals surface area contributed by atoms with Crippen molar-refractivity contribution in [2.24, 2.45) is 0 Å². The number of amides is 1.